The molecule has 3 saturated heterocycles. The number of carbonyl (C=O) groups excluding carboxylic acids is 1. The van der Waals surface area contributed by atoms with Crippen LogP contribution in [0, 0.1) is 5.92 Å². The number of aromatic nitrogens is 1. The number of hydrogen-bond donors (Lipinski definition) is 1. The first-order valence-corrected chi connectivity index (χ1v) is 8.85. The molecule has 1 amide bonds. The van der Waals surface area contributed by atoms with Crippen LogP contribution in [0.25, 0.3) is 11.1 Å². The van der Waals surface area contributed by atoms with E-state index in [1.165, 1.54) is 24.2 Å². The summed E-state index contributed by atoms with van der Waals surface area (Å²) in [5.41, 5.74) is 2.12. The lowest BCUT2D eigenvalue weighted by Crippen LogP contribution is -2.57. The molecule has 5 heterocycles. The normalized spacial score (nSPS) is 26.0. The minimum atomic E-state index is -0.341. The summed E-state index contributed by atoms with van der Waals surface area (Å²) in [7, 11) is 0. The fourth-order valence-electron chi connectivity index (χ4n) is 3.47. The third-order valence-electron chi connectivity index (χ3n) is 4.74. The number of fused-ring (bicyclic) bond motifs is 3. The average molecular weight is 329 g/mol. The van der Waals surface area contributed by atoms with Crippen molar-refractivity contribution in [3.8, 4) is 16.2 Å². The Hall–Kier alpha value is -1.92. The van der Waals surface area contributed by atoms with E-state index in [0.717, 1.165) is 30.8 Å². The average Bonchev–Trinajstić information content (AvgIpc) is 3.05. The molecular weight excluding hydrogens is 310 g/mol. The highest BCUT2D eigenvalue weighted by Crippen LogP contribution is 2.31. The topological polar surface area (TPSA) is 54.5 Å². The molecule has 0 unspecified atom stereocenters. The van der Waals surface area contributed by atoms with Crippen LogP contribution in [-0.2, 0) is 0 Å². The van der Waals surface area contributed by atoms with E-state index in [1.807, 2.05) is 23.6 Å². The van der Waals surface area contributed by atoms with Gasteiger partial charge < -0.3 is 15.0 Å². The molecule has 1 N–H and O–H groups in total. The van der Waals surface area contributed by atoms with Crippen molar-refractivity contribution in [2.75, 3.05) is 19.6 Å². The summed E-state index contributed by atoms with van der Waals surface area (Å²) in [6, 6.07) is 6.01. The molecular formula is C17H19N3O2S. The lowest BCUT2D eigenvalue weighted by atomic mass is 9.84. The van der Waals surface area contributed by atoms with Gasteiger partial charge in [-0.05, 0) is 55.1 Å². The molecule has 3 aliphatic rings. The summed E-state index contributed by atoms with van der Waals surface area (Å²) in [6.45, 7) is 3.28. The number of rotatable bonds is 3. The van der Waals surface area contributed by atoms with Gasteiger partial charge in [-0.1, -0.05) is 0 Å². The fourth-order valence-corrected chi connectivity index (χ4v) is 4.23. The number of carbonyl (C=O) groups is 1. The van der Waals surface area contributed by atoms with Gasteiger partial charge in [0.1, 0.15) is 0 Å². The molecule has 5 rings (SSSR count). The molecule has 0 aliphatic carbocycles. The molecule has 0 spiro atoms. The van der Waals surface area contributed by atoms with Gasteiger partial charge in [-0.2, -0.15) is 0 Å². The Labute approximate surface area is 139 Å². The molecule has 2 aromatic rings. The van der Waals surface area contributed by atoms with Crippen LogP contribution in [0.1, 0.15) is 12.8 Å². The first kappa shape index (κ1) is 14.7. The second-order valence-electron chi connectivity index (χ2n) is 6.17. The van der Waals surface area contributed by atoms with Gasteiger partial charge in [0.25, 0.3) is 0 Å². The maximum absolute atomic E-state index is 12.1. The third-order valence-corrected chi connectivity index (χ3v) is 5.55. The van der Waals surface area contributed by atoms with Crippen molar-refractivity contribution in [1.82, 2.24) is 15.2 Å². The molecule has 3 aliphatic heterocycles. The fraction of sp³-hybridized carbons (Fsp3) is 0.412. The zero-order valence-electron chi connectivity index (χ0n) is 12.8. The van der Waals surface area contributed by atoms with Crippen LogP contribution >= 0.6 is 11.3 Å². The predicted octanol–water partition coefficient (Wildman–Crippen LogP) is 2.99. The first-order chi connectivity index (χ1) is 11.3. The van der Waals surface area contributed by atoms with Gasteiger partial charge in [-0.25, -0.2) is 4.79 Å². The molecule has 1 atom stereocenters. The van der Waals surface area contributed by atoms with Gasteiger partial charge in [0.15, 0.2) is 5.06 Å². The SMILES string of the molecule is O=C(N[C@H]1CN2CCC1CC2)Oc1cc(-c2ccncc2)cs1. The van der Waals surface area contributed by atoms with Crippen LogP contribution in [-0.4, -0.2) is 41.7 Å². The Morgan fingerprint density at radius 2 is 2.04 bits per heavy atom. The molecule has 6 heteroatoms. The summed E-state index contributed by atoms with van der Waals surface area (Å²) in [5.74, 6) is 0.600. The number of pyridine rings is 1. The van der Waals surface area contributed by atoms with Crippen molar-refractivity contribution in [3.05, 3.63) is 36.0 Å². The van der Waals surface area contributed by atoms with Crippen LogP contribution in [0.2, 0.25) is 0 Å². The van der Waals surface area contributed by atoms with Gasteiger partial charge >= 0.3 is 6.09 Å². The van der Waals surface area contributed by atoms with E-state index >= 15 is 0 Å². The standard InChI is InChI=1S/C17H19N3O2S/c21-17(19-15-10-20-7-3-13(15)4-8-20)22-16-9-14(11-23-16)12-1-5-18-6-2-12/h1-2,5-6,9,11,13,15H,3-4,7-8,10H2,(H,19,21)/t15-/m0/s1. The van der Waals surface area contributed by atoms with Crippen molar-refractivity contribution >= 4 is 17.4 Å². The predicted molar refractivity (Wildman–Crippen MR) is 89.7 cm³/mol. The molecule has 5 nitrogen and oxygen atoms in total. The van der Waals surface area contributed by atoms with Gasteiger partial charge in [0.2, 0.25) is 0 Å². The van der Waals surface area contributed by atoms with Crippen LogP contribution in [0.4, 0.5) is 4.79 Å². The molecule has 2 aromatic heterocycles. The molecule has 0 aromatic carbocycles. The number of ether oxygens (including phenoxy) is 1. The van der Waals surface area contributed by atoms with E-state index in [0.29, 0.717) is 11.0 Å². The number of hydrogen-bond acceptors (Lipinski definition) is 5. The van der Waals surface area contributed by atoms with Crippen molar-refractivity contribution in [1.29, 1.82) is 0 Å². The highest BCUT2D eigenvalue weighted by Gasteiger charge is 2.35. The zero-order valence-corrected chi connectivity index (χ0v) is 13.6. The van der Waals surface area contributed by atoms with Gasteiger partial charge in [0, 0.05) is 36.4 Å². The highest BCUT2D eigenvalue weighted by atomic mass is 32.1. The Bertz CT molecular complexity index is 680. The molecule has 3 fully saturated rings. The summed E-state index contributed by atoms with van der Waals surface area (Å²) >= 11 is 1.44. The minimum Gasteiger partial charge on any atom is -0.399 e. The van der Waals surface area contributed by atoms with Gasteiger partial charge in [-0.3, -0.25) is 4.98 Å². The largest absolute Gasteiger partial charge is 0.413 e. The van der Waals surface area contributed by atoms with Crippen molar-refractivity contribution < 1.29 is 9.53 Å². The molecule has 120 valence electrons. The summed E-state index contributed by atoms with van der Waals surface area (Å²) in [4.78, 5) is 18.6. The number of thiophene rings is 1. The van der Waals surface area contributed by atoms with E-state index in [4.69, 9.17) is 4.74 Å². The molecule has 0 radical (unpaired) electrons. The van der Waals surface area contributed by atoms with E-state index in [1.54, 1.807) is 12.4 Å². The van der Waals surface area contributed by atoms with E-state index in [9.17, 15) is 4.79 Å². The van der Waals surface area contributed by atoms with Gasteiger partial charge in [0.05, 0.1) is 0 Å². The second kappa shape index (κ2) is 6.29. The molecule has 0 saturated carbocycles. The van der Waals surface area contributed by atoms with Crippen LogP contribution in [0.5, 0.6) is 5.06 Å². The monoisotopic (exact) mass is 329 g/mol. The maximum Gasteiger partial charge on any atom is 0.413 e. The Morgan fingerprint density at radius 1 is 1.26 bits per heavy atom. The molecule has 2 bridgehead atoms. The molecule has 23 heavy (non-hydrogen) atoms. The zero-order chi connectivity index (χ0) is 15.6. The number of piperidine rings is 3. The maximum atomic E-state index is 12.1. The van der Waals surface area contributed by atoms with Crippen LogP contribution in [0.3, 0.4) is 0 Å². The minimum absolute atomic E-state index is 0.227. The smallest absolute Gasteiger partial charge is 0.399 e. The van der Waals surface area contributed by atoms with Crippen molar-refractivity contribution in [2.24, 2.45) is 5.92 Å². The number of amides is 1. The quantitative estimate of drug-likeness (QED) is 0.940. The van der Waals surface area contributed by atoms with E-state index < -0.39 is 0 Å². The first-order valence-electron chi connectivity index (χ1n) is 7.97. The summed E-state index contributed by atoms with van der Waals surface area (Å²) < 4.78 is 5.46. The number of nitrogens with one attached hydrogen (secondary N) is 1. The highest BCUT2D eigenvalue weighted by molar-refractivity contribution is 7.12. The second-order valence-corrected chi connectivity index (χ2v) is 7.04. The van der Waals surface area contributed by atoms with Crippen molar-refractivity contribution in [3.63, 3.8) is 0 Å². The Balaban J connectivity index is 1.37. The van der Waals surface area contributed by atoms with Crippen LogP contribution in [0.15, 0.2) is 36.0 Å². The third kappa shape index (κ3) is 3.23. The lowest BCUT2D eigenvalue weighted by Gasteiger charge is -2.44. The lowest BCUT2D eigenvalue weighted by molar-refractivity contribution is 0.0726. The van der Waals surface area contributed by atoms with E-state index in [-0.39, 0.29) is 12.1 Å². The summed E-state index contributed by atoms with van der Waals surface area (Å²) in [6.07, 6.45) is 5.53. The summed E-state index contributed by atoms with van der Waals surface area (Å²) in [5, 5.41) is 5.65. The Morgan fingerprint density at radius 3 is 2.74 bits per heavy atom. The van der Waals surface area contributed by atoms with E-state index in [2.05, 4.69) is 15.2 Å². The Kier molecular flexibility index (Phi) is 4.01. The van der Waals surface area contributed by atoms with Crippen molar-refractivity contribution in [2.45, 2.75) is 18.9 Å². The van der Waals surface area contributed by atoms with Crippen LogP contribution < -0.4 is 10.1 Å². The van der Waals surface area contributed by atoms with Gasteiger partial charge in [-0.15, -0.1) is 11.3 Å². The number of nitrogens with zero attached hydrogens (tertiary/aromatic N) is 2.